The number of hydrogen-bond donors (Lipinski definition) is 1. The number of aryl methyl sites for hydroxylation is 1. The monoisotopic (exact) mass is 224 g/mol. The van der Waals surface area contributed by atoms with Crippen molar-refractivity contribution in [2.24, 2.45) is 0 Å². The van der Waals surface area contributed by atoms with Crippen LogP contribution in [0.3, 0.4) is 0 Å². The van der Waals surface area contributed by atoms with Gasteiger partial charge >= 0.3 is 0 Å². The Labute approximate surface area is 92.4 Å². The Morgan fingerprint density at radius 2 is 2.25 bits per heavy atom. The van der Waals surface area contributed by atoms with Crippen LogP contribution in [-0.4, -0.2) is 24.5 Å². The third kappa shape index (κ3) is 3.03. The molecule has 0 spiro atoms. The van der Waals surface area contributed by atoms with E-state index >= 15 is 0 Å². The summed E-state index contributed by atoms with van der Waals surface area (Å²) in [5, 5.41) is 13.1. The SMILES string of the molecule is COCC(=O)Nc1ccc([N+](=O)[O-])c(C)c1. The summed E-state index contributed by atoms with van der Waals surface area (Å²) in [4.78, 5) is 21.3. The molecule has 1 N–H and O–H groups in total. The maximum Gasteiger partial charge on any atom is 0.272 e. The second-order valence-electron chi connectivity index (χ2n) is 3.24. The molecule has 0 aliphatic heterocycles. The number of nitrogens with zero attached hydrogens (tertiary/aromatic N) is 1. The van der Waals surface area contributed by atoms with E-state index in [0.29, 0.717) is 11.3 Å². The zero-order valence-electron chi connectivity index (χ0n) is 9.02. The van der Waals surface area contributed by atoms with E-state index in [0.717, 1.165) is 0 Å². The fourth-order valence-electron chi connectivity index (χ4n) is 1.27. The van der Waals surface area contributed by atoms with Crippen molar-refractivity contribution in [2.45, 2.75) is 6.92 Å². The Balaban J connectivity index is 2.81. The quantitative estimate of drug-likeness (QED) is 0.620. The van der Waals surface area contributed by atoms with Gasteiger partial charge in [-0.15, -0.1) is 0 Å². The molecule has 0 atom stereocenters. The van der Waals surface area contributed by atoms with E-state index in [9.17, 15) is 14.9 Å². The molecule has 0 fully saturated rings. The van der Waals surface area contributed by atoms with Gasteiger partial charge in [-0.05, 0) is 19.1 Å². The van der Waals surface area contributed by atoms with Crippen LogP contribution < -0.4 is 5.32 Å². The molecular formula is C10H12N2O4. The molecule has 0 saturated carbocycles. The van der Waals surface area contributed by atoms with Gasteiger partial charge in [0.05, 0.1) is 4.92 Å². The van der Waals surface area contributed by atoms with Crippen LogP contribution in [0.5, 0.6) is 0 Å². The smallest absolute Gasteiger partial charge is 0.272 e. The predicted molar refractivity (Wildman–Crippen MR) is 58.3 cm³/mol. The molecule has 1 rings (SSSR count). The summed E-state index contributed by atoms with van der Waals surface area (Å²) in [7, 11) is 1.42. The standard InChI is InChI=1S/C10H12N2O4/c1-7-5-8(11-10(13)6-16-2)3-4-9(7)12(14)15/h3-5H,6H2,1-2H3,(H,11,13). The zero-order valence-corrected chi connectivity index (χ0v) is 9.02. The van der Waals surface area contributed by atoms with Crippen LogP contribution >= 0.6 is 0 Å². The van der Waals surface area contributed by atoms with E-state index < -0.39 is 4.92 Å². The normalized spacial score (nSPS) is 9.88. The Bertz CT molecular complexity index is 417. The highest BCUT2D eigenvalue weighted by Gasteiger charge is 2.10. The summed E-state index contributed by atoms with van der Waals surface area (Å²) in [6, 6.07) is 4.39. The van der Waals surface area contributed by atoms with Gasteiger partial charge in [-0.3, -0.25) is 14.9 Å². The first-order valence-corrected chi connectivity index (χ1v) is 4.58. The number of hydrogen-bond acceptors (Lipinski definition) is 4. The summed E-state index contributed by atoms with van der Waals surface area (Å²) in [6.45, 7) is 1.57. The van der Waals surface area contributed by atoms with Gasteiger partial charge in [0.1, 0.15) is 6.61 Å². The summed E-state index contributed by atoms with van der Waals surface area (Å²) in [5.41, 5.74) is 1.05. The molecule has 0 aliphatic rings. The number of nitrogens with one attached hydrogen (secondary N) is 1. The number of benzene rings is 1. The van der Waals surface area contributed by atoms with Crippen molar-refractivity contribution in [3.63, 3.8) is 0 Å². The maximum absolute atomic E-state index is 11.2. The Morgan fingerprint density at radius 1 is 1.56 bits per heavy atom. The number of nitro groups is 1. The van der Waals surface area contributed by atoms with Crippen LogP contribution in [0.4, 0.5) is 11.4 Å². The van der Waals surface area contributed by atoms with Gasteiger partial charge < -0.3 is 10.1 Å². The molecule has 0 aromatic heterocycles. The number of anilines is 1. The molecule has 0 bridgehead atoms. The average molecular weight is 224 g/mol. The average Bonchev–Trinajstić information content (AvgIpc) is 2.17. The highest BCUT2D eigenvalue weighted by Crippen LogP contribution is 2.21. The van der Waals surface area contributed by atoms with Gasteiger partial charge in [0.25, 0.3) is 5.69 Å². The lowest BCUT2D eigenvalue weighted by Crippen LogP contribution is -2.17. The molecule has 0 heterocycles. The van der Waals surface area contributed by atoms with E-state index in [1.807, 2.05) is 0 Å². The fraction of sp³-hybridized carbons (Fsp3) is 0.300. The van der Waals surface area contributed by atoms with Crippen molar-refractivity contribution in [1.82, 2.24) is 0 Å². The lowest BCUT2D eigenvalue weighted by molar-refractivity contribution is -0.385. The Morgan fingerprint density at radius 3 is 2.75 bits per heavy atom. The third-order valence-corrected chi connectivity index (χ3v) is 1.95. The first-order chi connectivity index (χ1) is 7.54. The molecule has 1 amide bonds. The second-order valence-corrected chi connectivity index (χ2v) is 3.24. The van der Waals surface area contributed by atoms with Crippen molar-refractivity contribution < 1.29 is 14.5 Å². The van der Waals surface area contributed by atoms with E-state index in [1.54, 1.807) is 13.0 Å². The molecule has 0 radical (unpaired) electrons. The second kappa shape index (κ2) is 5.22. The topological polar surface area (TPSA) is 81.5 Å². The van der Waals surface area contributed by atoms with Gasteiger partial charge in [0.15, 0.2) is 0 Å². The highest BCUT2D eigenvalue weighted by atomic mass is 16.6. The molecule has 0 aliphatic carbocycles. The molecule has 16 heavy (non-hydrogen) atoms. The molecule has 6 nitrogen and oxygen atoms in total. The first kappa shape index (κ1) is 12.1. The Kier molecular flexibility index (Phi) is 3.96. The first-order valence-electron chi connectivity index (χ1n) is 4.58. The summed E-state index contributed by atoms with van der Waals surface area (Å²) < 4.78 is 4.65. The van der Waals surface area contributed by atoms with Gasteiger partial charge in [0, 0.05) is 24.4 Å². The molecule has 86 valence electrons. The minimum Gasteiger partial charge on any atom is -0.375 e. The molecule has 1 aromatic rings. The highest BCUT2D eigenvalue weighted by molar-refractivity contribution is 5.91. The van der Waals surface area contributed by atoms with Crippen molar-refractivity contribution in [2.75, 3.05) is 19.0 Å². The number of amides is 1. The van der Waals surface area contributed by atoms with Crippen LogP contribution in [0, 0.1) is 17.0 Å². The van der Waals surface area contributed by atoms with Crippen LogP contribution in [-0.2, 0) is 9.53 Å². The van der Waals surface area contributed by atoms with Gasteiger partial charge in [-0.2, -0.15) is 0 Å². The summed E-state index contributed by atoms with van der Waals surface area (Å²) in [6.07, 6.45) is 0. The lowest BCUT2D eigenvalue weighted by atomic mass is 10.2. The minimum atomic E-state index is -0.462. The van der Waals surface area contributed by atoms with E-state index in [1.165, 1.54) is 19.2 Å². The number of rotatable bonds is 4. The maximum atomic E-state index is 11.2. The van der Waals surface area contributed by atoms with Crippen LogP contribution in [0.2, 0.25) is 0 Å². The van der Waals surface area contributed by atoms with Crippen molar-refractivity contribution >= 4 is 17.3 Å². The third-order valence-electron chi connectivity index (χ3n) is 1.95. The largest absolute Gasteiger partial charge is 0.375 e. The van der Waals surface area contributed by atoms with Gasteiger partial charge in [-0.25, -0.2) is 0 Å². The van der Waals surface area contributed by atoms with Crippen molar-refractivity contribution in [1.29, 1.82) is 0 Å². The number of ether oxygens (including phenoxy) is 1. The number of nitro benzene ring substituents is 1. The lowest BCUT2D eigenvalue weighted by Gasteiger charge is -2.05. The molecule has 0 unspecified atom stereocenters. The number of methoxy groups -OCH3 is 1. The van der Waals surface area contributed by atoms with Crippen molar-refractivity contribution in [3.8, 4) is 0 Å². The van der Waals surface area contributed by atoms with Crippen LogP contribution in [0.25, 0.3) is 0 Å². The predicted octanol–water partition coefficient (Wildman–Crippen LogP) is 1.49. The summed E-state index contributed by atoms with van der Waals surface area (Å²) >= 11 is 0. The van der Waals surface area contributed by atoms with E-state index in [-0.39, 0.29) is 18.2 Å². The van der Waals surface area contributed by atoms with Gasteiger partial charge in [-0.1, -0.05) is 0 Å². The molecule has 6 heteroatoms. The number of carbonyl (C=O) groups is 1. The van der Waals surface area contributed by atoms with Crippen molar-refractivity contribution in [3.05, 3.63) is 33.9 Å². The van der Waals surface area contributed by atoms with Gasteiger partial charge in [0.2, 0.25) is 5.91 Å². The summed E-state index contributed by atoms with van der Waals surface area (Å²) in [5.74, 6) is -0.296. The molecule has 0 saturated heterocycles. The number of carbonyl (C=O) groups excluding carboxylic acids is 1. The van der Waals surface area contributed by atoms with Crippen LogP contribution in [0.1, 0.15) is 5.56 Å². The minimum absolute atomic E-state index is 0.0322. The molecule has 1 aromatic carbocycles. The Hall–Kier alpha value is -1.95. The van der Waals surface area contributed by atoms with Crippen LogP contribution in [0.15, 0.2) is 18.2 Å². The van der Waals surface area contributed by atoms with E-state index in [2.05, 4.69) is 10.1 Å². The van der Waals surface area contributed by atoms with E-state index in [4.69, 9.17) is 0 Å². The molecular weight excluding hydrogens is 212 g/mol. The zero-order chi connectivity index (χ0) is 12.1. The fourth-order valence-corrected chi connectivity index (χ4v) is 1.27.